The van der Waals surface area contributed by atoms with Crippen LogP contribution in [0.5, 0.6) is 0 Å². The molecule has 0 spiro atoms. The van der Waals surface area contributed by atoms with E-state index in [0.717, 1.165) is 13.0 Å². The predicted octanol–water partition coefficient (Wildman–Crippen LogP) is 0.848. The fraction of sp³-hybridized carbons (Fsp3) is 0.500. The van der Waals surface area contributed by atoms with Crippen LogP contribution >= 0.6 is 0 Å². The molecule has 0 aromatic heterocycles. The quantitative estimate of drug-likeness (QED) is 0.586. The van der Waals surface area contributed by atoms with E-state index in [9.17, 15) is 0 Å². The lowest BCUT2D eigenvalue weighted by molar-refractivity contribution is 0.163. The average Bonchev–Trinajstić information content (AvgIpc) is 2.41. The summed E-state index contributed by atoms with van der Waals surface area (Å²) in [5, 5.41) is 0. The molecule has 0 fully saturated rings. The van der Waals surface area contributed by atoms with Crippen LogP contribution < -0.4 is 5.73 Å². The van der Waals surface area contributed by atoms with Crippen LogP contribution in [0, 0.1) is 0 Å². The van der Waals surface area contributed by atoms with Gasteiger partial charge in [0.1, 0.15) is 0 Å². The Balaban J connectivity index is 2.04. The van der Waals surface area contributed by atoms with E-state index < -0.39 is 0 Å². The Morgan fingerprint density at radius 2 is 2.50 bits per heavy atom. The molecule has 0 aromatic rings. The first-order valence-corrected chi connectivity index (χ1v) is 3.56. The highest BCUT2D eigenvalue weighted by atomic mass is 16.5. The van der Waals surface area contributed by atoms with Crippen molar-refractivity contribution < 1.29 is 4.74 Å². The third-order valence-corrected chi connectivity index (χ3v) is 1.40. The Hall–Kier alpha value is -0.600. The summed E-state index contributed by atoms with van der Waals surface area (Å²) >= 11 is 0. The van der Waals surface area contributed by atoms with E-state index in [2.05, 4.69) is 18.2 Å². The van der Waals surface area contributed by atoms with Crippen molar-refractivity contribution in [3.8, 4) is 0 Å². The molecule has 0 radical (unpaired) electrons. The van der Waals surface area contributed by atoms with E-state index in [1.807, 2.05) is 0 Å². The van der Waals surface area contributed by atoms with Gasteiger partial charge < -0.3 is 10.5 Å². The van der Waals surface area contributed by atoms with Crippen molar-refractivity contribution in [1.82, 2.24) is 0 Å². The summed E-state index contributed by atoms with van der Waals surface area (Å²) in [6, 6.07) is 0. The van der Waals surface area contributed by atoms with Crippen molar-refractivity contribution in [3.05, 3.63) is 23.8 Å². The summed E-state index contributed by atoms with van der Waals surface area (Å²) in [5.41, 5.74) is 6.59. The van der Waals surface area contributed by atoms with Gasteiger partial charge >= 0.3 is 0 Å². The van der Waals surface area contributed by atoms with Gasteiger partial charge in [-0.05, 0) is 12.0 Å². The second-order valence-electron chi connectivity index (χ2n) is 2.30. The SMILES string of the molecule is NCCOCC1=CC=CC1. The van der Waals surface area contributed by atoms with Crippen LogP contribution in [-0.4, -0.2) is 19.8 Å². The molecule has 1 aliphatic rings. The number of rotatable bonds is 4. The molecule has 10 heavy (non-hydrogen) atoms. The van der Waals surface area contributed by atoms with Crippen LogP contribution in [-0.2, 0) is 4.74 Å². The number of hydrogen-bond donors (Lipinski definition) is 1. The molecule has 0 heterocycles. The summed E-state index contributed by atoms with van der Waals surface area (Å²) in [6.07, 6.45) is 7.32. The van der Waals surface area contributed by atoms with E-state index in [-0.39, 0.29) is 0 Å². The van der Waals surface area contributed by atoms with E-state index in [4.69, 9.17) is 10.5 Å². The lowest BCUT2D eigenvalue weighted by atomic mass is 10.2. The van der Waals surface area contributed by atoms with Crippen molar-refractivity contribution in [2.75, 3.05) is 19.8 Å². The average molecular weight is 139 g/mol. The third-order valence-electron chi connectivity index (χ3n) is 1.40. The lowest BCUT2D eigenvalue weighted by Gasteiger charge is -2.01. The molecule has 0 saturated heterocycles. The molecular formula is C8H13NO. The van der Waals surface area contributed by atoms with E-state index in [0.29, 0.717) is 13.2 Å². The summed E-state index contributed by atoms with van der Waals surface area (Å²) in [5.74, 6) is 0. The second kappa shape index (κ2) is 4.25. The molecule has 0 unspecified atom stereocenters. The number of ether oxygens (including phenoxy) is 1. The van der Waals surface area contributed by atoms with Crippen molar-refractivity contribution in [1.29, 1.82) is 0 Å². The van der Waals surface area contributed by atoms with Gasteiger partial charge in [0.05, 0.1) is 13.2 Å². The molecule has 0 aromatic carbocycles. The Kier molecular flexibility index (Phi) is 3.19. The van der Waals surface area contributed by atoms with Gasteiger partial charge in [-0.1, -0.05) is 18.2 Å². The molecule has 1 rings (SSSR count). The number of nitrogens with two attached hydrogens (primary N) is 1. The van der Waals surface area contributed by atoms with Crippen LogP contribution in [0.15, 0.2) is 23.8 Å². The Bertz CT molecular complexity index is 149. The topological polar surface area (TPSA) is 35.2 Å². The summed E-state index contributed by atoms with van der Waals surface area (Å²) in [4.78, 5) is 0. The van der Waals surface area contributed by atoms with Crippen molar-refractivity contribution in [3.63, 3.8) is 0 Å². The summed E-state index contributed by atoms with van der Waals surface area (Å²) in [6.45, 7) is 2.02. The normalized spacial score (nSPS) is 15.9. The van der Waals surface area contributed by atoms with Gasteiger partial charge in [0.2, 0.25) is 0 Å². The molecule has 0 saturated carbocycles. The van der Waals surface area contributed by atoms with Crippen LogP contribution in [0.3, 0.4) is 0 Å². The third kappa shape index (κ3) is 2.33. The zero-order chi connectivity index (χ0) is 7.23. The molecule has 0 amide bonds. The highest BCUT2D eigenvalue weighted by molar-refractivity contribution is 5.23. The molecule has 56 valence electrons. The predicted molar refractivity (Wildman–Crippen MR) is 41.7 cm³/mol. The number of hydrogen-bond acceptors (Lipinski definition) is 2. The first kappa shape index (κ1) is 7.51. The van der Waals surface area contributed by atoms with E-state index in [1.165, 1.54) is 5.57 Å². The fourth-order valence-electron chi connectivity index (χ4n) is 0.885. The maximum Gasteiger partial charge on any atom is 0.0683 e. The van der Waals surface area contributed by atoms with Crippen molar-refractivity contribution in [2.24, 2.45) is 5.73 Å². The lowest BCUT2D eigenvalue weighted by Crippen LogP contribution is -2.09. The molecule has 2 nitrogen and oxygen atoms in total. The Labute approximate surface area is 61.4 Å². The summed E-state index contributed by atoms with van der Waals surface area (Å²) in [7, 11) is 0. The first-order chi connectivity index (χ1) is 4.93. The largest absolute Gasteiger partial charge is 0.376 e. The molecule has 0 atom stereocenters. The van der Waals surface area contributed by atoms with Gasteiger partial charge in [0, 0.05) is 6.54 Å². The molecule has 0 bridgehead atoms. The Morgan fingerprint density at radius 3 is 3.10 bits per heavy atom. The van der Waals surface area contributed by atoms with Crippen LogP contribution in [0.4, 0.5) is 0 Å². The van der Waals surface area contributed by atoms with Gasteiger partial charge in [0.15, 0.2) is 0 Å². The molecule has 2 N–H and O–H groups in total. The molecule has 1 aliphatic carbocycles. The second-order valence-corrected chi connectivity index (χ2v) is 2.30. The zero-order valence-corrected chi connectivity index (χ0v) is 6.05. The van der Waals surface area contributed by atoms with Crippen LogP contribution in [0.1, 0.15) is 6.42 Å². The molecular weight excluding hydrogens is 126 g/mol. The van der Waals surface area contributed by atoms with Gasteiger partial charge in [-0.3, -0.25) is 0 Å². The van der Waals surface area contributed by atoms with E-state index >= 15 is 0 Å². The van der Waals surface area contributed by atoms with Crippen LogP contribution in [0.25, 0.3) is 0 Å². The zero-order valence-electron chi connectivity index (χ0n) is 6.05. The van der Waals surface area contributed by atoms with Crippen molar-refractivity contribution in [2.45, 2.75) is 6.42 Å². The van der Waals surface area contributed by atoms with E-state index in [1.54, 1.807) is 0 Å². The maximum absolute atomic E-state index is 5.25. The van der Waals surface area contributed by atoms with Gasteiger partial charge in [0.25, 0.3) is 0 Å². The van der Waals surface area contributed by atoms with Gasteiger partial charge in [-0.25, -0.2) is 0 Å². The highest BCUT2D eigenvalue weighted by Gasteiger charge is 1.97. The van der Waals surface area contributed by atoms with Gasteiger partial charge in [-0.2, -0.15) is 0 Å². The fourth-order valence-corrected chi connectivity index (χ4v) is 0.885. The Morgan fingerprint density at radius 1 is 1.60 bits per heavy atom. The minimum Gasteiger partial charge on any atom is -0.376 e. The highest BCUT2D eigenvalue weighted by Crippen LogP contribution is 2.09. The standard InChI is InChI=1S/C8H13NO/c9-5-6-10-7-8-3-1-2-4-8/h1-3H,4-7,9H2. The molecule has 0 aliphatic heterocycles. The minimum atomic E-state index is 0.612. The molecule has 2 heteroatoms. The monoisotopic (exact) mass is 139 g/mol. The van der Waals surface area contributed by atoms with Crippen LogP contribution in [0.2, 0.25) is 0 Å². The number of allylic oxidation sites excluding steroid dienone is 3. The first-order valence-electron chi connectivity index (χ1n) is 3.56. The smallest absolute Gasteiger partial charge is 0.0683 e. The minimum absolute atomic E-state index is 0.612. The summed E-state index contributed by atoms with van der Waals surface area (Å²) < 4.78 is 5.23. The van der Waals surface area contributed by atoms with Gasteiger partial charge in [-0.15, -0.1) is 0 Å². The maximum atomic E-state index is 5.25. The van der Waals surface area contributed by atoms with Crippen molar-refractivity contribution >= 4 is 0 Å².